The summed E-state index contributed by atoms with van der Waals surface area (Å²) in [5.41, 5.74) is -2.07. The fourth-order valence-electron chi connectivity index (χ4n) is 5.49. The second-order valence-corrected chi connectivity index (χ2v) is 10.3. The van der Waals surface area contributed by atoms with E-state index >= 15 is 0 Å². The lowest BCUT2D eigenvalue weighted by Crippen LogP contribution is -2.61. The third kappa shape index (κ3) is 5.88. The van der Waals surface area contributed by atoms with Crippen molar-refractivity contribution >= 4 is 29.1 Å². The van der Waals surface area contributed by atoms with Crippen LogP contribution in [0.3, 0.4) is 0 Å². The van der Waals surface area contributed by atoms with Crippen LogP contribution in [0.15, 0.2) is 24.3 Å². The molecule has 2 saturated carbocycles. The van der Waals surface area contributed by atoms with E-state index in [1.807, 2.05) is 0 Å². The number of nitrogens with one attached hydrogen (secondary N) is 3. The average Bonchev–Trinajstić information content (AvgIpc) is 2.65. The van der Waals surface area contributed by atoms with E-state index in [9.17, 15) is 22.8 Å². The summed E-state index contributed by atoms with van der Waals surface area (Å²) in [5, 5.41) is 9.11. The summed E-state index contributed by atoms with van der Waals surface area (Å²) in [6.07, 6.45) is -0.279. The Kier molecular flexibility index (Phi) is 7.03. The SMILES string of the molecule is C[C@H]1CC2C[C@@H](NC(=O)C(C)(C)Nc3cccc(C(F)(F)F)c3)C[C@@](NC(=O)CCl)(C2)C1. The molecule has 2 aliphatic rings. The fourth-order valence-corrected chi connectivity index (χ4v) is 5.56. The van der Waals surface area contributed by atoms with Crippen molar-refractivity contribution in [1.29, 1.82) is 0 Å². The number of fused-ring (bicyclic) bond motifs is 2. The standard InChI is InChI=1S/C23H31ClF3N3O2/c1-14-7-15-8-18(12-22(10-14,11-15)30-19(31)13-24)28-20(32)21(2,3)29-17-6-4-5-16(9-17)23(25,26)27/h4-6,9,14-15,18,29H,7-8,10-13H2,1-3H3,(H,28,32)(H,30,31)/t14-,15?,18+,22-/m0/s1. The van der Waals surface area contributed by atoms with Crippen LogP contribution in [0.2, 0.25) is 0 Å². The summed E-state index contributed by atoms with van der Waals surface area (Å²) in [5.74, 6) is 0.240. The molecule has 1 aromatic carbocycles. The first-order chi connectivity index (χ1) is 14.8. The number of alkyl halides is 4. The van der Waals surface area contributed by atoms with Crippen LogP contribution in [0.1, 0.15) is 58.4 Å². The molecule has 3 N–H and O–H groups in total. The Hall–Kier alpha value is -1.96. The molecule has 2 amide bonds. The number of amides is 2. The summed E-state index contributed by atoms with van der Waals surface area (Å²) in [6.45, 7) is 5.45. The Bertz CT molecular complexity index is 857. The van der Waals surface area contributed by atoms with Gasteiger partial charge in [-0.05, 0) is 76.0 Å². The molecule has 178 valence electrons. The van der Waals surface area contributed by atoms with Crippen LogP contribution < -0.4 is 16.0 Å². The maximum Gasteiger partial charge on any atom is 0.416 e. The number of hydrogen-bond acceptors (Lipinski definition) is 3. The molecule has 2 fully saturated rings. The van der Waals surface area contributed by atoms with E-state index in [2.05, 4.69) is 22.9 Å². The molecule has 0 heterocycles. The zero-order chi connectivity index (χ0) is 23.7. The number of benzene rings is 1. The third-order valence-electron chi connectivity index (χ3n) is 6.48. The fraction of sp³-hybridized carbons (Fsp3) is 0.652. The molecule has 0 spiro atoms. The van der Waals surface area contributed by atoms with E-state index in [1.165, 1.54) is 12.1 Å². The molecule has 2 bridgehead atoms. The van der Waals surface area contributed by atoms with Gasteiger partial charge in [0.1, 0.15) is 11.4 Å². The van der Waals surface area contributed by atoms with E-state index in [4.69, 9.17) is 11.6 Å². The lowest BCUT2D eigenvalue weighted by atomic mass is 9.62. The summed E-state index contributed by atoms with van der Waals surface area (Å²) in [6, 6.07) is 4.68. The van der Waals surface area contributed by atoms with E-state index in [0.717, 1.165) is 37.8 Å². The highest BCUT2D eigenvalue weighted by molar-refractivity contribution is 6.27. The Morgan fingerprint density at radius 3 is 2.53 bits per heavy atom. The Labute approximate surface area is 191 Å². The van der Waals surface area contributed by atoms with E-state index in [0.29, 0.717) is 18.3 Å². The summed E-state index contributed by atoms with van der Waals surface area (Å²) < 4.78 is 39.0. The van der Waals surface area contributed by atoms with Crippen LogP contribution >= 0.6 is 11.6 Å². The van der Waals surface area contributed by atoms with Gasteiger partial charge in [0.15, 0.2) is 0 Å². The number of anilines is 1. The van der Waals surface area contributed by atoms with Crippen molar-refractivity contribution in [3.8, 4) is 0 Å². The van der Waals surface area contributed by atoms with Crippen LogP contribution in [0.25, 0.3) is 0 Å². The minimum atomic E-state index is -4.46. The molecule has 2 aliphatic carbocycles. The minimum absolute atomic E-state index is 0.105. The lowest BCUT2D eigenvalue weighted by molar-refractivity contribution is -0.137. The van der Waals surface area contributed by atoms with Crippen LogP contribution in [0.5, 0.6) is 0 Å². The first kappa shape index (κ1) is 24.7. The van der Waals surface area contributed by atoms with Gasteiger partial charge in [-0.3, -0.25) is 9.59 Å². The van der Waals surface area contributed by atoms with Crippen LogP contribution in [-0.2, 0) is 15.8 Å². The average molecular weight is 474 g/mol. The molecular weight excluding hydrogens is 443 g/mol. The molecule has 0 radical (unpaired) electrons. The second-order valence-electron chi connectivity index (χ2n) is 10.0. The zero-order valence-electron chi connectivity index (χ0n) is 18.6. The maximum absolute atomic E-state index is 13.1. The predicted octanol–water partition coefficient (Wildman–Crippen LogP) is 4.70. The summed E-state index contributed by atoms with van der Waals surface area (Å²) in [7, 11) is 0. The van der Waals surface area contributed by atoms with Crippen molar-refractivity contribution in [3.63, 3.8) is 0 Å². The largest absolute Gasteiger partial charge is 0.416 e. The second kappa shape index (κ2) is 9.12. The molecular formula is C23H31ClF3N3O2. The topological polar surface area (TPSA) is 70.2 Å². The third-order valence-corrected chi connectivity index (χ3v) is 6.73. The maximum atomic E-state index is 13.1. The van der Waals surface area contributed by atoms with Crippen molar-refractivity contribution < 1.29 is 22.8 Å². The predicted molar refractivity (Wildman–Crippen MR) is 118 cm³/mol. The van der Waals surface area contributed by atoms with Gasteiger partial charge in [0.2, 0.25) is 11.8 Å². The molecule has 0 saturated heterocycles. The van der Waals surface area contributed by atoms with Gasteiger partial charge in [-0.25, -0.2) is 0 Å². The summed E-state index contributed by atoms with van der Waals surface area (Å²) >= 11 is 5.72. The van der Waals surface area contributed by atoms with Gasteiger partial charge in [0, 0.05) is 17.3 Å². The Morgan fingerprint density at radius 2 is 1.88 bits per heavy atom. The minimum Gasteiger partial charge on any atom is -0.372 e. The molecule has 9 heteroatoms. The monoisotopic (exact) mass is 473 g/mol. The number of carbonyl (C=O) groups excluding carboxylic acids is 2. The van der Waals surface area contributed by atoms with Gasteiger partial charge in [0.05, 0.1) is 5.56 Å². The first-order valence-electron chi connectivity index (χ1n) is 11.0. The first-order valence-corrected chi connectivity index (χ1v) is 11.5. The molecule has 32 heavy (non-hydrogen) atoms. The van der Waals surface area contributed by atoms with Crippen molar-refractivity contribution in [2.24, 2.45) is 11.8 Å². The zero-order valence-corrected chi connectivity index (χ0v) is 19.4. The molecule has 0 aliphatic heterocycles. The lowest BCUT2D eigenvalue weighted by Gasteiger charge is -2.51. The van der Waals surface area contributed by atoms with E-state index in [1.54, 1.807) is 13.8 Å². The molecule has 4 atom stereocenters. The number of hydrogen-bond donors (Lipinski definition) is 3. The van der Waals surface area contributed by atoms with Gasteiger partial charge in [-0.2, -0.15) is 13.2 Å². The Balaban J connectivity index is 1.69. The Morgan fingerprint density at radius 1 is 1.16 bits per heavy atom. The van der Waals surface area contributed by atoms with Crippen molar-refractivity contribution in [2.45, 2.75) is 76.2 Å². The van der Waals surface area contributed by atoms with Crippen LogP contribution in [0, 0.1) is 11.8 Å². The highest BCUT2D eigenvalue weighted by Gasteiger charge is 2.47. The van der Waals surface area contributed by atoms with E-state index < -0.39 is 17.3 Å². The van der Waals surface area contributed by atoms with Gasteiger partial charge >= 0.3 is 6.18 Å². The number of halogens is 4. The van der Waals surface area contributed by atoms with Gasteiger partial charge in [-0.1, -0.05) is 13.0 Å². The van der Waals surface area contributed by atoms with Crippen molar-refractivity contribution in [2.75, 3.05) is 11.2 Å². The number of carbonyl (C=O) groups is 2. The molecule has 5 nitrogen and oxygen atoms in total. The van der Waals surface area contributed by atoms with Gasteiger partial charge in [0.25, 0.3) is 0 Å². The highest BCUT2D eigenvalue weighted by atomic mass is 35.5. The normalized spacial score (nSPS) is 28.0. The smallest absolute Gasteiger partial charge is 0.372 e. The molecule has 1 unspecified atom stereocenters. The number of rotatable bonds is 6. The molecule has 0 aromatic heterocycles. The van der Waals surface area contributed by atoms with Crippen molar-refractivity contribution in [3.05, 3.63) is 29.8 Å². The quantitative estimate of drug-likeness (QED) is 0.524. The highest BCUT2D eigenvalue weighted by Crippen LogP contribution is 2.45. The van der Waals surface area contributed by atoms with Gasteiger partial charge in [-0.15, -0.1) is 11.6 Å². The van der Waals surface area contributed by atoms with Gasteiger partial charge < -0.3 is 16.0 Å². The van der Waals surface area contributed by atoms with E-state index in [-0.39, 0.29) is 35.0 Å². The molecule has 1 aromatic rings. The van der Waals surface area contributed by atoms with Crippen LogP contribution in [-0.4, -0.2) is 34.8 Å². The molecule has 3 rings (SSSR count). The van der Waals surface area contributed by atoms with Crippen LogP contribution in [0.4, 0.5) is 18.9 Å². The van der Waals surface area contributed by atoms with Crippen molar-refractivity contribution in [1.82, 2.24) is 10.6 Å². The summed E-state index contributed by atoms with van der Waals surface area (Å²) in [4.78, 5) is 25.1.